The van der Waals surface area contributed by atoms with Gasteiger partial charge in [0, 0.05) is 11.4 Å². The van der Waals surface area contributed by atoms with E-state index in [9.17, 15) is 4.79 Å². The van der Waals surface area contributed by atoms with Crippen molar-refractivity contribution in [3.05, 3.63) is 16.8 Å². The van der Waals surface area contributed by atoms with E-state index in [-0.39, 0.29) is 12.5 Å². The van der Waals surface area contributed by atoms with Crippen LogP contribution in [0, 0.1) is 5.92 Å². The molecule has 118 valence electrons. The number of hydrogen-bond acceptors (Lipinski definition) is 5. The van der Waals surface area contributed by atoms with Crippen LogP contribution < -0.4 is 10.1 Å². The second kappa shape index (κ2) is 6.60. The average Bonchev–Trinajstić information content (AvgIpc) is 2.90. The highest BCUT2D eigenvalue weighted by atomic mass is 32.1. The fourth-order valence-corrected chi connectivity index (χ4v) is 3.89. The Bertz CT molecular complexity index is 681. The molecule has 0 aromatic carbocycles. The molecule has 1 aliphatic carbocycles. The topological polar surface area (TPSA) is 64.1 Å². The summed E-state index contributed by atoms with van der Waals surface area (Å²) >= 11 is 1.73. The van der Waals surface area contributed by atoms with Crippen LogP contribution in [0.3, 0.4) is 0 Å². The van der Waals surface area contributed by atoms with Gasteiger partial charge >= 0.3 is 0 Å². The first-order chi connectivity index (χ1) is 10.6. The summed E-state index contributed by atoms with van der Waals surface area (Å²) in [5.41, 5.74) is 1.32. The van der Waals surface area contributed by atoms with Crippen LogP contribution in [0.15, 0.2) is 6.33 Å². The predicted octanol–water partition coefficient (Wildman–Crippen LogP) is 2.72. The Labute approximate surface area is 134 Å². The average molecular weight is 319 g/mol. The van der Waals surface area contributed by atoms with Crippen LogP contribution in [0.25, 0.3) is 10.2 Å². The quantitative estimate of drug-likeness (QED) is 0.920. The van der Waals surface area contributed by atoms with E-state index in [0.717, 1.165) is 23.1 Å². The van der Waals surface area contributed by atoms with Gasteiger partial charge in [0.25, 0.3) is 5.91 Å². The Morgan fingerprint density at radius 2 is 2.18 bits per heavy atom. The summed E-state index contributed by atoms with van der Waals surface area (Å²) in [5, 5.41) is 3.86. The molecule has 0 spiro atoms. The van der Waals surface area contributed by atoms with Crippen molar-refractivity contribution in [3.8, 4) is 5.88 Å². The van der Waals surface area contributed by atoms with Gasteiger partial charge in [-0.05, 0) is 37.2 Å². The van der Waals surface area contributed by atoms with Crippen LogP contribution in [0.4, 0.5) is 0 Å². The van der Waals surface area contributed by atoms with Gasteiger partial charge in [0.15, 0.2) is 6.61 Å². The third-order valence-corrected chi connectivity index (χ3v) is 4.96. The number of hydrogen-bond donors (Lipinski definition) is 1. The zero-order chi connectivity index (χ0) is 15.5. The van der Waals surface area contributed by atoms with Gasteiger partial charge < -0.3 is 10.1 Å². The number of thiophene rings is 1. The number of fused-ring (bicyclic) bond motifs is 3. The fraction of sp³-hybridized carbons (Fsp3) is 0.562. The lowest BCUT2D eigenvalue weighted by atomic mass is 9.97. The zero-order valence-corrected chi connectivity index (χ0v) is 13.8. The van der Waals surface area contributed by atoms with Gasteiger partial charge in [-0.15, -0.1) is 11.3 Å². The first-order valence-corrected chi connectivity index (χ1v) is 8.61. The molecule has 5 nitrogen and oxygen atoms in total. The van der Waals surface area contributed by atoms with Gasteiger partial charge in [-0.25, -0.2) is 9.97 Å². The van der Waals surface area contributed by atoms with Crippen molar-refractivity contribution in [1.82, 2.24) is 15.3 Å². The molecule has 0 atom stereocenters. The monoisotopic (exact) mass is 319 g/mol. The van der Waals surface area contributed by atoms with Gasteiger partial charge in [0.1, 0.15) is 11.2 Å². The van der Waals surface area contributed by atoms with Gasteiger partial charge in [0.05, 0.1) is 5.39 Å². The molecule has 6 heteroatoms. The molecule has 2 aromatic heterocycles. The minimum Gasteiger partial charge on any atom is -0.467 e. The second-order valence-electron chi connectivity index (χ2n) is 6.06. The minimum atomic E-state index is -0.107. The summed E-state index contributed by atoms with van der Waals surface area (Å²) < 4.78 is 5.68. The standard InChI is InChI=1S/C16H21N3O2S/c1-10(2)7-17-13(20)8-21-15-14-11-5-3-4-6-12(11)22-16(14)19-9-18-15/h9-10H,3-8H2,1-2H3,(H,17,20). The van der Waals surface area contributed by atoms with Crippen molar-refractivity contribution in [3.63, 3.8) is 0 Å². The maximum atomic E-state index is 11.8. The van der Waals surface area contributed by atoms with E-state index in [1.807, 2.05) is 0 Å². The van der Waals surface area contributed by atoms with E-state index >= 15 is 0 Å². The van der Waals surface area contributed by atoms with Crippen LogP contribution in [0.5, 0.6) is 5.88 Å². The SMILES string of the molecule is CC(C)CNC(=O)COc1ncnc2sc3c(c12)CCCC3. The van der Waals surface area contributed by atoms with Crippen LogP contribution >= 0.6 is 11.3 Å². The Kier molecular flexibility index (Phi) is 4.57. The van der Waals surface area contributed by atoms with Crippen LogP contribution in [-0.4, -0.2) is 29.0 Å². The van der Waals surface area contributed by atoms with E-state index in [0.29, 0.717) is 18.3 Å². The molecule has 2 aromatic rings. The molecule has 0 unspecified atom stereocenters. The Morgan fingerprint density at radius 3 is 3.00 bits per heavy atom. The number of rotatable bonds is 5. The fourth-order valence-electron chi connectivity index (χ4n) is 2.67. The van der Waals surface area contributed by atoms with Crippen molar-refractivity contribution >= 4 is 27.5 Å². The predicted molar refractivity (Wildman–Crippen MR) is 87.4 cm³/mol. The van der Waals surface area contributed by atoms with Crippen molar-refractivity contribution < 1.29 is 9.53 Å². The van der Waals surface area contributed by atoms with E-state index < -0.39 is 0 Å². The van der Waals surface area contributed by atoms with E-state index in [1.165, 1.54) is 29.6 Å². The molecule has 3 rings (SSSR count). The molecule has 0 aliphatic heterocycles. The number of nitrogens with zero attached hydrogens (tertiary/aromatic N) is 2. The molecule has 0 bridgehead atoms. The third kappa shape index (κ3) is 3.21. The van der Waals surface area contributed by atoms with Crippen molar-refractivity contribution in [2.24, 2.45) is 5.92 Å². The minimum absolute atomic E-state index is 0.00343. The summed E-state index contributed by atoms with van der Waals surface area (Å²) in [7, 11) is 0. The maximum Gasteiger partial charge on any atom is 0.258 e. The highest BCUT2D eigenvalue weighted by molar-refractivity contribution is 7.18. The molecule has 1 aliphatic rings. The molecule has 0 saturated heterocycles. The highest BCUT2D eigenvalue weighted by Gasteiger charge is 2.20. The molecule has 0 fully saturated rings. The van der Waals surface area contributed by atoms with Gasteiger partial charge in [-0.2, -0.15) is 0 Å². The lowest BCUT2D eigenvalue weighted by Gasteiger charge is -2.12. The van der Waals surface area contributed by atoms with Crippen molar-refractivity contribution in [1.29, 1.82) is 0 Å². The van der Waals surface area contributed by atoms with Crippen molar-refractivity contribution in [2.45, 2.75) is 39.5 Å². The van der Waals surface area contributed by atoms with Gasteiger partial charge in [0.2, 0.25) is 5.88 Å². The maximum absolute atomic E-state index is 11.8. The lowest BCUT2D eigenvalue weighted by Crippen LogP contribution is -2.31. The zero-order valence-electron chi connectivity index (χ0n) is 13.0. The molecule has 2 heterocycles. The summed E-state index contributed by atoms with van der Waals surface area (Å²) in [6.45, 7) is 4.79. The van der Waals surface area contributed by atoms with Crippen LogP contribution in [0.2, 0.25) is 0 Å². The molecule has 1 amide bonds. The lowest BCUT2D eigenvalue weighted by molar-refractivity contribution is -0.123. The van der Waals surface area contributed by atoms with Crippen molar-refractivity contribution in [2.75, 3.05) is 13.2 Å². The van der Waals surface area contributed by atoms with E-state index in [4.69, 9.17) is 4.74 Å². The van der Waals surface area contributed by atoms with E-state index in [1.54, 1.807) is 11.3 Å². The second-order valence-corrected chi connectivity index (χ2v) is 7.14. The summed E-state index contributed by atoms with van der Waals surface area (Å²) in [5.74, 6) is 0.868. The molecule has 0 saturated carbocycles. The molecule has 22 heavy (non-hydrogen) atoms. The number of carbonyl (C=O) groups is 1. The number of aryl methyl sites for hydroxylation is 2. The highest BCUT2D eigenvalue weighted by Crippen LogP contribution is 2.38. The summed E-state index contributed by atoms with van der Waals surface area (Å²) in [6, 6.07) is 0. The Morgan fingerprint density at radius 1 is 1.36 bits per heavy atom. The largest absolute Gasteiger partial charge is 0.467 e. The number of amides is 1. The normalized spacial score (nSPS) is 14.1. The third-order valence-electron chi connectivity index (χ3n) is 3.76. The smallest absolute Gasteiger partial charge is 0.258 e. The summed E-state index contributed by atoms with van der Waals surface area (Å²) in [6.07, 6.45) is 6.12. The first kappa shape index (κ1) is 15.2. The number of nitrogens with one attached hydrogen (secondary N) is 1. The van der Waals surface area contributed by atoms with Crippen LogP contribution in [0.1, 0.15) is 37.1 Å². The Balaban J connectivity index is 1.76. The summed E-state index contributed by atoms with van der Waals surface area (Å²) in [4.78, 5) is 22.8. The number of ether oxygens (including phenoxy) is 1. The van der Waals surface area contributed by atoms with E-state index in [2.05, 4.69) is 29.1 Å². The van der Waals surface area contributed by atoms with Gasteiger partial charge in [-0.1, -0.05) is 13.8 Å². The molecule has 1 N–H and O–H groups in total. The molecule has 0 radical (unpaired) electrons. The molecular formula is C16H21N3O2S. The number of carbonyl (C=O) groups excluding carboxylic acids is 1. The number of aromatic nitrogens is 2. The first-order valence-electron chi connectivity index (χ1n) is 7.80. The van der Waals surface area contributed by atoms with Gasteiger partial charge in [-0.3, -0.25) is 4.79 Å². The molecular weight excluding hydrogens is 298 g/mol. The van der Waals surface area contributed by atoms with Crippen LogP contribution in [-0.2, 0) is 17.6 Å². The Hall–Kier alpha value is -1.69.